The molecular weight excluding hydrogens is 494 g/mol. The molecule has 5 atom stereocenters. The Labute approximate surface area is 212 Å². The number of hydrogen-bond acceptors (Lipinski definition) is 9. The van der Waals surface area contributed by atoms with Crippen LogP contribution in [0.1, 0.15) is 25.3 Å². The lowest BCUT2D eigenvalue weighted by atomic mass is 10.0. The maximum Gasteiger partial charge on any atom is 0.326 e. The van der Waals surface area contributed by atoms with Crippen LogP contribution in [0, 0.1) is 0 Å². The first-order valence-corrected chi connectivity index (χ1v) is 12.4. The zero-order valence-electron chi connectivity index (χ0n) is 20.0. The molecule has 0 aliphatic carbocycles. The zero-order valence-corrected chi connectivity index (χ0v) is 20.8. The first-order chi connectivity index (χ1) is 16.8. The molecule has 0 heterocycles. The van der Waals surface area contributed by atoms with Crippen LogP contribution >= 0.6 is 11.8 Å². The van der Waals surface area contributed by atoms with Crippen LogP contribution in [0.3, 0.4) is 0 Å². The van der Waals surface area contributed by atoms with Crippen LogP contribution in [-0.2, 0) is 30.4 Å². The normalized spacial score (nSPS) is 15.0. The van der Waals surface area contributed by atoms with Crippen molar-refractivity contribution >= 4 is 41.4 Å². The van der Waals surface area contributed by atoms with Gasteiger partial charge in [0.05, 0.1) is 18.6 Å². The van der Waals surface area contributed by atoms with Crippen molar-refractivity contribution in [2.24, 2.45) is 11.5 Å². The Morgan fingerprint density at radius 1 is 0.972 bits per heavy atom. The summed E-state index contributed by atoms with van der Waals surface area (Å²) in [5.41, 5.74) is 11.4. The second kappa shape index (κ2) is 14.9. The van der Waals surface area contributed by atoms with Gasteiger partial charge in [-0.1, -0.05) is 12.1 Å². The van der Waals surface area contributed by atoms with Crippen molar-refractivity contribution in [1.82, 2.24) is 16.0 Å². The lowest BCUT2D eigenvalue weighted by molar-refractivity contribution is -0.143. The first-order valence-electron chi connectivity index (χ1n) is 11.0. The topological polar surface area (TPSA) is 234 Å². The third-order valence-electron chi connectivity index (χ3n) is 5.06. The molecule has 13 nitrogen and oxygen atoms in total. The molecule has 0 aromatic heterocycles. The van der Waals surface area contributed by atoms with E-state index in [2.05, 4.69) is 16.0 Å². The summed E-state index contributed by atoms with van der Waals surface area (Å²) in [6.07, 6.45) is -0.00579. The van der Waals surface area contributed by atoms with Crippen molar-refractivity contribution in [2.45, 2.75) is 56.5 Å². The fourth-order valence-corrected chi connectivity index (χ4v) is 3.54. The van der Waals surface area contributed by atoms with E-state index in [-0.39, 0.29) is 12.2 Å². The number of aliphatic carboxylic acids is 1. The van der Waals surface area contributed by atoms with Crippen molar-refractivity contribution in [2.75, 3.05) is 12.0 Å². The minimum Gasteiger partial charge on any atom is -0.508 e. The SMILES string of the molecule is CSCCC(N)C(=O)NC(C(=O)NC(Cc1ccc(O)cc1)C(=O)NC(CC(N)=O)C(=O)O)C(C)O. The molecule has 0 fully saturated rings. The Balaban J connectivity index is 3.11. The number of benzene rings is 1. The Bertz CT molecular complexity index is 928. The van der Waals surface area contributed by atoms with Gasteiger partial charge in [-0.2, -0.15) is 11.8 Å². The number of nitrogens with one attached hydrogen (secondary N) is 3. The third-order valence-corrected chi connectivity index (χ3v) is 5.71. The highest BCUT2D eigenvalue weighted by Crippen LogP contribution is 2.12. The van der Waals surface area contributed by atoms with Crippen molar-refractivity contribution in [3.63, 3.8) is 0 Å². The van der Waals surface area contributed by atoms with Crippen molar-refractivity contribution in [1.29, 1.82) is 0 Å². The van der Waals surface area contributed by atoms with E-state index in [0.717, 1.165) is 0 Å². The number of thioether (sulfide) groups is 1. The van der Waals surface area contributed by atoms with Gasteiger partial charge in [0.15, 0.2) is 0 Å². The van der Waals surface area contributed by atoms with Crippen LogP contribution in [0.5, 0.6) is 5.75 Å². The number of phenols is 1. The number of carboxylic acid groups (broad SMARTS) is 1. The van der Waals surface area contributed by atoms with Crippen molar-refractivity contribution in [3.05, 3.63) is 29.8 Å². The molecule has 0 bridgehead atoms. The number of hydrogen-bond donors (Lipinski definition) is 8. The van der Waals surface area contributed by atoms with Crippen LogP contribution < -0.4 is 27.4 Å². The molecule has 36 heavy (non-hydrogen) atoms. The summed E-state index contributed by atoms with van der Waals surface area (Å²) in [4.78, 5) is 60.9. The summed E-state index contributed by atoms with van der Waals surface area (Å²) < 4.78 is 0. The van der Waals surface area contributed by atoms with Gasteiger partial charge in [0, 0.05) is 6.42 Å². The highest BCUT2D eigenvalue weighted by Gasteiger charge is 2.32. The van der Waals surface area contributed by atoms with E-state index in [9.17, 15) is 39.3 Å². The average Bonchev–Trinajstić information content (AvgIpc) is 2.80. The first kappa shape index (κ1) is 30.7. The van der Waals surface area contributed by atoms with Crippen LogP contribution in [0.4, 0.5) is 0 Å². The van der Waals surface area contributed by atoms with Gasteiger partial charge in [0.1, 0.15) is 23.9 Å². The fourth-order valence-electron chi connectivity index (χ4n) is 3.05. The molecular formula is C22H33N5O8S. The number of amides is 4. The Morgan fingerprint density at radius 3 is 2.06 bits per heavy atom. The Hall–Kier alpha value is -3.36. The standard InChI is InChI=1S/C22H33N5O8S/c1-11(28)18(27-19(31)14(23)7-8-36-2)21(33)25-15(9-12-3-5-13(29)6-4-12)20(32)26-16(22(34)35)10-17(24)30/h3-6,11,14-16,18,28-29H,7-10,23H2,1-2H3,(H2,24,30)(H,25,33)(H,26,32)(H,27,31)(H,34,35). The minimum absolute atomic E-state index is 0.0362. The molecule has 0 radical (unpaired) electrons. The van der Waals surface area contributed by atoms with Gasteiger partial charge in [-0.05, 0) is 43.0 Å². The summed E-state index contributed by atoms with van der Waals surface area (Å²) in [7, 11) is 0. The predicted octanol–water partition coefficient (Wildman–Crippen LogP) is -2.19. The summed E-state index contributed by atoms with van der Waals surface area (Å²) in [6, 6.07) is 0.275. The number of rotatable bonds is 15. The Kier molecular flexibility index (Phi) is 12.7. The van der Waals surface area contributed by atoms with Crippen LogP contribution in [0.2, 0.25) is 0 Å². The number of carbonyl (C=O) groups excluding carboxylic acids is 4. The molecule has 14 heteroatoms. The average molecular weight is 528 g/mol. The molecule has 1 aromatic rings. The quantitative estimate of drug-likeness (QED) is 0.123. The third kappa shape index (κ3) is 10.5. The highest BCUT2D eigenvalue weighted by atomic mass is 32.2. The Morgan fingerprint density at radius 2 is 1.56 bits per heavy atom. The molecule has 1 aromatic carbocycles. The van der Waals surface area contributed by atoms with Gasteiger partial charge in [0.2, 0.25) is 23.6 Å². The van der Waals surface area contributed by atoms with E-state index < -0.39 is 66.3 Å². The van der Waals surface area contributed by atoms with Crippen molar-refractivity contribution in [3.8, 4) is 5.75 Å². The molecule has 0 saturated carbocycles. The van der Waals surface area contributed by atoms with Gasteiger partial charge in [-0.15, -0.1) is 0 Å². The lowest BCUT2D eigenvalue weighted by Crippen LogP contribution is -2.60. The number of carboxylic acids is 1. The van der Waals surface area contributed by atoms with Crippen LogP contribution in [-0.4, -0.2) is 87.2 Å². The maximum absolute atomic E-state index is 13.0. The van der Waals surface area contributed by atoms with Gasteiger partial charge >= 0.3 is 5.97 Å². The van der Waals surface area contributed by atoms with E-state index in [0.29, 0.717) is 17.7 Å². The van der Waals surface area contributed by atoms with Crippen LogP contribution in [0.15, 0.2) is 24.3 Å². The molecule has 5 unspecified atom stereocenters. The highest BCUT2D eigenvalue weighted by molar-refractivity contribution is 7.98. The largest absolute Gasteiger partial charge is 0.508 e. The van der Waals surface area contributed by atoms with Gasteiger partial charge in [-0.3, -0.25) is 19.2 Å². The second-order valence-corrected chi connectivity index (χ2v) is 9.10. The molecule has 10 N–H and O–H groups in total. The van der Waals surface area contributed by atoms with Gasteiger partial charge in [0.25, 0.3) is 0 Å². The lowest BCUT2D eigenvalue weighted by Gasteiger charge is -2.26. The summed E-state index contributed by atoms with van der Waals surface area (Å²) >= 11 is 1.48. The van der Waals surface area contributed by atoms with Gasteiger partial charge in [-0.25, -0.2) is 4.79 Å². The molecule has 0 spiro atoms. The number of nitrogens with two attached hydrogens (primary N) is 2. The van der Waals surface area contributed by atoms with Crippen molar-refractivity contribution < 1.29 is 39.3 Å². The molecule has 200 valence electrons. The minimum atomic E-state index is -1.64. The van der Waals surface area contributed by atoms with E-state index in [1.807, 2.05) is 6.26 Å². The maximum atomic E-state index is 13.0. The number of phenolic OH excluding ortho intramolecular Hbond substituents is 1. The number of carbonyl (C=O) groups is 5. The van der Waals surface area contributed by atoms with E-state index >= 15 is 0 Å². The second-order valence-electron chi connectivity index (χ2n) is 8.12. The van der Waals surface area contributed by atoms with E-state index in [4.69, 9.17) is 11.5 Å². The smallest absolute Gasteiger partial charge is 0.326 e. The molecule has 4 amide bonds. The molecule has 1 rings (SSSR count). The number of primary amides is 1. The van der Waals surface area contributed by atoms with Crippen LogP contribution in [0.25, 0.3) is 0 Å². The van der Waals surface area contributed by atoms with Gasteiger partial charge < -0.3 is 42.7 Å². The number of aliphatic hydroxyl groups excluding tert-OH is 1. The molecule has 0 saturated heterocycles. The number of aliphatic hydroxyl groups is 1. The zero-order chi connectivity index (χ0) is 27.4. The van der Waals surface area contributed by atoms with E-state index in [1.165, 1.54) is 43.0 Å². The summed E-state index contributed by atoms with van der Waals surface area (Å²) in [5.74, 6) is -4.44. The molecule has 0 aliphatic rings. The predicted molar refractivity (Wildman–Crippen MR) is 132 cm³/mol. The number of aromatic hydroxyl groups is 1. The van der Waals surface area contributed by atoms with E-state index in [1.54, 1.807) is 0 Å². The summed E-state index contributed by atoms with van der Waals surface area (Å²) in [5, 5.41) is 35.8. The fraction of sp³-hybridized carbons (Fsp3) is 0.500. The monoisotopic (exact) mass is 527 g/mol. The summed E-state index contributed by atoms with van der Waals surface area (Å²) in [6.45, 7) is 1.26. The molecule has 0 aliphatic heterocycles.